The molecule has 0 fully saturated rings. The molecule has 0 spiro atoms. The second kappa shape index (κ2) is 5.87. The number of nitrogens with one attached hydrogen (secondary N) is 1. The van der Waals surface area contributed by atoms with Gasteiger partial charge < -0.3 is 11.1 Å². The summed E-state index contributed by atoms with van der Waals surface area (Å²) in [6, 6.07) is 4.20. The molecule has 3 N–H and O–H groups in total. The predicted octanol–water partition coefficient (Wildman–Crippen LogP) is 4.08. The van der Waals surface area contributed by atoms with Crippen LogP contribution in [-0.2, 0) is 13.5 Å². The Balaban J connectivity index is 2.35. The van der Waals surface area contributed by atoms with Crippen LogP contribution in [0.1, 0.15) is 30.2 Å². The molecule has 0 amide bonds. The van der Waals surface area contributed by atoms with Gasteiger partial charge in [-0.1, -0.05) is 29.3 Å². The van der Waals surface area contributed by atoms with Gasteiger partial charge in [0.25, 0.3) is 0 Å². The van der Waals surface area contributed by atoms with Crippen molar-refractivity contribution in [1.29, 1.82) is 0 Å². The lowest BCUT2D eigenvalue weighted by molar-refractivity contribution is 0.740. The fourth-order valence-corrected chi connectivity index (χ4v) is 2.55. The third-order valence-corrected chi connectivity index (χ3v) is 4.60. The zero-order valence-electron chi connectivity index (χ0n) is 12.4. The van der Waals surface area contributed by atoms with Crippen LogP contribution in [0.3, 0.4) is 0 Å². The van der Waals surface area contributed by atoms with Crippen LogP contribution in [0.25, 0.3) is 0 Å². The lowest BCUT2D eigenvalue weighted by Crippen LogP contribution is -2.02. The molecule has 0 atom stereocenters. The van der Waals surface area contributed by atoms with E-state index in [2.05, 4.69) is 59.2 Å². The van der Waals surface area contributed by atoms with Gasteiger partial charge in [0.15, 0.2) is 5.82 Å². The largest absolute Gasteiger partial charge is 0.394 e. The molecule has 1 heterocycles. The number of hydrogen-bond donors (Lipinski definition) is 2. The highest BCUT2D eigenvalue weighted by Crippen LogP contribution is 2.30. The van der Waals surface area contributed by atoms with Crippen molar-refractivity contribution in [2.24, 2.45) is 7.05 Å². The number of nitrogens with zero attached hydrogens (tertiary/aromatic N) is 2. The highest BCUT2D eigenvalue weighted by Gasteiger charge is 2.13. The van der Waals surface area contributed by atoms with Crippen molar-refractivity contribution in [3.63, 3.8) is 0 Å². The smallest absolute Gasteiger partial charge is 0.152 e. The molecule has 0 radical (unpaired) electrons. The van der Waals surface area contributed by atoms with Crippen molar-refractivity contribution < 1.29 is 0 Å². The molecule has 1 aromatic carbocycles. The Morgan fingerprint density at radius 2 is 1.90 bits per heavy atom. The van der Waals surface area contributed by atoms with E-state index in [1.54, 1.807) is 0 Å². The molecule has 0 aliphatic rings. The highest BCUT2D eigenvalue weighted by atomic mass is 79.9. The molecule has 0 bridgehead atoms. The topological polar surface area (TPSA) is 55.9 Å². The van der Waals surface area contributed by atoms with Gasteiger partial charge in [-0.3, -0.25) is 4.68 Å². The van der Waals surface area contributed by atoms with Crippen LogP contribution >= 0.6 is 15.9 Å². The van der Waals surface area contributed by atoms with E-state index in [0.717, 1.165) is 40.2 Å². The minimum absolute atomic E-state index is 0.743. The molecule has 0 saturated heterocycles. The van der Waals surface area contributed by atoms with Crippen LogP contribution in [0.2, 0.25) is 0 Å². The molecule has 4 nitrogen and oxygen atoms in total. The number of benzene rings is 1. The first kappa shape index (κ1) is 14.9. The molecule has 108 valence electrons. The van der Waals surface area contributed by atoms with Crippen LogP contribution in [-0.4, -0.2) is 9.78 Å². The van der Waals surface area contributed by atoms with Gasteiger partial charge in [0, 0.05) is 17.2 Å². The zero-order chi connectivity index (χ0) is 14.9. The summed E-state index contributed by atoms with van der Waals surface area (Å²) in [7, 11) is 1.91. The second-order valence-corrected chi connectivity index (χ2v) is 5.92. The summed E-state index contributed by atoms with van der Waals surface area (Å²) in [5.74, 6) is 0.856. The summed E-state index contributed by atoms with van der Waals surface area (Å²) in [4.78, 5) is 0. The molecule has 2 aromatic rings. The summed E-state index contributed by atoms with van der Waals surface area (Å²) in [6.07, 6.45) is 1.94. The van der Waals surface area contributed by atoms with Crippen LogP contribution in [0.4, 0.5) is 17.2 Å². The van der Waals surface area contributed by atoms with Gasteiger partial charge >= 0.3 is 0 Å². The summed E-state index contributed by atoms with van der Waals surface area (Å²) in [5, 5.41) is 7.86. The van der Waals surface area contributed by atoms with Crippen LogP contribution < -0.4 is 11.1 Å². The first-order valence-corrected chi connectivity index (χ1v) is 7.58. The Morgan fingerprint density at radius 3 is 2.45 bits per heavy atom. The standard InChI is InChI=1S/C15H21BrN4/c1-5-6-12-14(17)15(20(4)19-12)18-11-7-9(2)13(16)10(3)8-11/h7-8,18H,5-6,17H2,1-4H3. The first-order valence-electron chi connectivity index (χ1n) is 6.79. The van der Waals surface area contributed by atoms with Crippen LogP contribution in [0, 0.1) is 13.8 Å². The van der Waals surface area contributed by atoms with Crippen LogP contribution in [0.5, 0.6) is 0 Å². The van der Waals surface area contributed by atoms with Gasteiger partial charge in [-0.15, -0.1) is 0 Å². The van der Waals surface area contributed by atoms with Crippen LogP contribution in [0.15, 0.2) is 16.6 Å². The lowest BCUT2D eigenvalue weighted by Gasteiger charge is -2.11. The number of hydrogen-bond acceptors (Lipinski definition) is 3. The van der Waals surface area contributed by atoms with Gasteiger partial charge in [-0.2, -0.15) is 5.10 Å². The monoisotopic (exact) mass is 336 g/mol. The third-order valence-electron chi connectivity index (χ3n) is 3.35. The Morgan fingerprint density at radius 1 is 1.30 bits per heavy atom. The SMILES string of the molecule is CCCc1nn(C)c(Nc2cc(C)c(Br)c(C)c2)c1N. The maximum atomic E-state index is 6.19. The van der Waals surface area contributed by atoms with E-state index in [1.807, 2.05) is 11.7 Å². The fraction of sp³-hybridized carbons (Fsp3) is 0.400. The molecule has 5 heteroatoms. The lowest BCUT2D eigenvalue weighted by atomic mass is 10.1. The molecule has 0 saturated carbocycles. The number of nitrogen functional groups attached to an aromatic ring is 1. The van der Waals surface area contributed by atoms with Crippen molar-refractivity contribution in [3.05, 3.63) is 33.4 Å². The molecular formula is C15H21BrN4. The van der Waals surface area contributed by atoms with Gasteiger partial charge in [0.05, 0.1) is 11.4 Å². The molecule has 1 aromatic heterocycles. The van der Waals surface area contributed by atoms with Gasteiger partial charge in [0.1, 0.15) is 0 Å². The zero-order valence-corrected chi connectivity index (χ0v) is 14.0. The Kier molecular flexibility index (Phi) is 4.38. The summed E-state index contributed by atoms with van der Waals surface area (Å²) >= 11 is 3.58. The number of halogens is 1. The van der Waals surface area contributed by atoms with E-state index in [0.29, 0.717) is 0 Å². The van der Waals surface area contributed by atoms with Crippen molar-refractivity contribution in [3.8, 4) is 0 Å². The molecule has 20 heavy (non-hydrogen) atoms. The number of aromatic nitrogens is 2. The Labute approximate surface area is 128 Å². The average Bonchev–Trinajstić information content (AvgIpc) is 2.64. The van der Waals surface area contributed by atoms with Crippen molar-refractivity contribution >= 4 is 33.1 Å². The maximum absolute atomic E-state index is 6.19. The van der Waals surface area contributed by atoms with E-state index < -0.39 is 0 Å². The third kappa shape index (κ3) is 2.82. The van der Waals surface area contributed by atoms with E-state index >= 15 is 0 Å². The number of nitrogens with two attached hydrogens (primary N) is 1. The van der Waals surface area contributed by atoms with Gasteiger partial charge in [-0.25, -0.2) is 0 Å². The first-order chi connectivity index (χ1) is 9.43. The number of aryl methyl sites for hydroxylation is 4. The van der Waals surface area contributed by atoms with Crippen molar-refractivity contribution in [2.75, 3.05) is 11.1 Å². The molecule has 0 aliphatic carbocycles. The molecule has 0 unspecified atom stereocenters. The Hall–Kier alpha value is -1.49. The predicted molar refractivity (Wildman–Crippen MR) is 88.5 cm³/mol. The van der Waals surface area contributed by atoms with Gasteiger partial charge in [0.2, 0.25) is 0 Å². The summed E-state index contributed by atoms with van der Waals surface area (Å²) in [5.41, 5.74) is 11.3. The molecule has 2 rings (SSSR count). The summed E-state index contributed by atoms with van der Waals surface area (Å²) in [6.45, 7) is 6.29. The second-order valence-electron chi connectivity index (χ2n) is 5.13. The van der Waals surface area contributed by atoms with E-state index in [4.69, 9.17) is 5.73 Å². The summed E-state index contributed by atoms with van der Waals surface area (Å²) < 4.78 is 2.96. The average molecular weight is 337 g/mol. The number of anilines is 3. The Bertz CT molecular complexity index is 608. The van der Waals surface area contributed by atoms with Gasteiger partial charge in [-0.05, 0) is 43.5 Å². The minimum Gasteiger partial charge on any atom is -0.394 e. The molecular weight excluding hydrogens is 316 g/mol. The molecule has 0 aliphatic heterocycles. The van der Waals surface area contributed by atoms with E-state index in [1.165, 1.54) is 11.1 Å². The minimum atomic E-state index is 0.743. The quantitative estimate of drug-likeness (QED) is 0.884. The van der Waals surface area contributed by atoms with Crippen molar-refractivity contribution in [2.45, 2.75) is 33.6 Å². The van der Waals surface area contributed by atoms with E-state index in [9.17, 15) is 0 Å². The van der Waals surface area contributed by atoms with Crippen molar-refractivity contribution in [1.82, 2.24) is 9.78 Å². The van der Waals surface area contributed by atoms with E-state index in [-0.39, 0.29) is 0 Å². The normalized spacial score (nSPS) is 10.8. The maximum Gasteiger partial charge on any atom is 0.152 e. The highest BCUT2D eigenvalue weighted by molar-refractivity contribution is 9.10. The number of rotatable bonds is 4. The fourth-order valence-electron chi connectivity index (χ4n) is 2.32.